The van der Waals surface area contributed by atoms with E-state index in [2.05, 4.69) is 0 Å². The number of likely N-dealkylation sites (N-methyl/N-ethyl adjacent to an activating group) is 1. The van der Waals surface area contributed by atoms with Crippen molar-refractivity contribution < 1.29 is 18.4 Å². The third-order valence-corrected chi connectivity index (χ3v) is 5.85. The Bertz CT molecular complexity index is 806. The summed E-state index contributed by atoms with van der Waals surface area (Å²) in [5.41, 5.74) is 0.421. The smallest absolute Gasteiger partial charge is 0.269 e. The first kappa shape index (κ1) is 18.1. The molecule has 7 nitrogen and oxygen atoms in total. The van der Waals surface area contributed by atoms with Crippen molar-refractivity contribution in [3.05, 3.63) is 70.3 Å². The van der Waals surface area contributed by atoms with E-state index in [1.807, 2.05) is 0 Å². The highest BCUT2D eigenvalue weighted by atomic mass is 32.2. The molecule has 0 bridgehead atoms. The van der Waals surface area contributed by atoms with Gasteiger partial charge in [0.1, 0.15) is 0 Å². The minimum absolute atomic E-state index is 0.0669. The molecule has 128 valence electrons. The molecule has 24 heavy (non-hydrogen) atoms. The van der Waals surface area contributed by atoms with Crippen LogP contribution in [0.3, 0.4) is 0 Å². The third-order valence-electron chi connectivity index (χ3n) is 3.90. The Morgan fingerprint density at radius 3 is 2.12 bits per heavy atom. The van der Waals surface area contributed by atoms with Gasteiger partial charge in [-0.05, 0) is 24.6 Å². The zero-order valence-corrected chi connectivity index (χ0v) is 14.1. The van der Waals surface area contributed by atoms with E-state index in [-0.39, 0.29) is 10.6 Å². The summed E-state index contributed by atoms with van der Waals surface area (Å²) in [6, 6.07) is 12.7. The highest BCUT2D eigenvalue weighted by molar-refractivity contribution is 7.89. The molecule has 2 aromatic carbocycles. The normalized spacial score (nSPS) is 14.3. The molecule has 0 aliphatic carbocycles. The predicted octanol–water partition coefficient (Wildman–Crippen LogP) is 2.34. The average molecular weight is 350 g/mol. The van der Waals surface area contributed by atoms with Gasteiger partial charge in [0.25, 0.3) is 5.69 Å². The number of sulfonamides is 1. The second kappa shape index (κ2) is 7.08. The lowest BCUT2D eigenvalue weighted by atomic mass is 10.0. The van der Waals surface area contributed by atoms with Crippen molar-refractivity contribution in [2.75, 3.05) is 7.05 Å². The first-order valence-corrected chi connectivity index (χ1v) is 8.64. The molecule has 0 amide bonds. The number of hydrogen-bond acceptors (Lipinski definition) is 5. The number of benzene rings is 2. The summed E-state index contributed by atoms with van der Waals surface area (Å²) in [6.45, 7) is 1.60. The van der Waals surface area contributed by atoms with E-state index in [0.717, 1.165) is 16.4 Å². The van der Waals surface area contributed by atoms with E-state index < -0.39 is 27.1 Å². The Labute approximate surface area is 140 Å². The molecular weight excluding hydrogens is 332 g/mol. The molecule has 0 aliphatic rings. The Morgan fingerprint density at radius 2 is 1.62 bits per heavy atom. The van der Waals surface area contributed by atoms with Gasteiger partial charge in [0.15, 0.2) is 0 Å². The average Bonchev–Trinajstić information content (AvgIpc) is 2.60. The minimum atomic E-state index is -3.88. The van der Waals surface area contributed by atoms with Crippen LogP contribution in [0.5, 0.6) is 0 Å². The predicted molar refractivity (Wildman–Crippen MR) is 88.9 cm³/mol. The van der Waals surface area contributed by atoms with Gasteiger partial charge in [-0.3, -0.25) is 10.1 Å². The fourth-order valence-corrected chi connectivity index (χ4v) is 3.62. The van der Waals surface area contributed by atoms with Crippen molar-refractivity contribution in [2.24, 2.45) is 0 Å². The number of hydrogen-bond donors (Lipinski definition) is 1. The Kier molecular flexibility index (Phi) is 5.33. The summed E-state index contributed by atoms with van der Waals surface area (Å²) >= 11 is 0. The molecule has 2 rings (SSSR count). The largest absolute Gasteiger partial charge is 0.387 e. The number of nitrogens with zero attached hydrogens (tertiary/aromatic N) is 2. The standard InChI is InChI=1S/C16H18N2O5S/c1-12(16(19)13-6-4-3-5-7-13)17(2)24(22,23)15-10-8-14(9-11-15)18(20)21/h3-12,16,19H,1-2H3/t12-,16+/m0/s1. The fraction of sp³-hybridized carbons (Fsp3) is 0.250. The molecule has 0 radical (unpaired) electrons. The highest BCUT2D eigenvalue weighted by Gasteiger charge is 2.30. The van der Waals surface area contributed by atoms with Gasteiger partial charge in [-0.15, -0.1) is 0 Å². The number of nitro groups is 1. The Balaban J connectivity index is 2.26. The van der Waals surface area contributed by atoms with Gasteiger partial charge in [-0.1, -0.05) is 30.3 Å². The molecule has 0 heterocycles. The first-order valence-electron chi connectivity index (χ1n) is 7.20. The monoisotopic (exact) mass is 350 g/mol. The van der Waals surface area contributed by atoms with Crippen LogP contribution in [0.4, 0.5) is 5.69 Å². The topological polar surface area (TPSA) is 101 Å². The summed E-state index contributed by atoms with van der Waals surface area (Å²) in [7, 11) is -2.51. The van der Waals surface area contributed by atoms with E-state index in [4.69, 9.17) is 0 Å². The molecule has 0 spiro atoms. The lowest BCUT2D eigenvalue weighted by Gasteiger charge is -2.28. The van der Waals surface area contributed by atoms with E-state index in [0.29, 0.717) is 5.56 Å². The van der Waals surface area contributed by atoms with Crippen LogP contribution in [-0.2, 0) is 10.0 Å². The van der Waals surface area contributed by atoms with Gasteiger partial charge in [-0.25, -0.2) is 8.42 Å². The number of aliphatic hydroxyl groups excluding tert-OH is 1. The van der Waals surface area contributed by atoms with Crippen LogP contribution in [0.1, 0.15) is 18.6 Å². The number of aliphatic hydroxyl groups is 1. The van der Waals surface area contributed by atoms with Crippen molar-refractivity contribution in [3.8, 4) is 0 Å². The maximum absolute atomic E-state index is 12.6. The zero-order chi connectivity index (χ0) is 17.9. The van der Waals surface area contributed by atoms with Crippen LogP contribution < -0.4 is 0 Å². The van der Waals surface area contributed by atoms with Crippen molar-refractivity contribution in [1.29, 1.82) is 0 Å². The molecule has 8 heteroatoms. The Hall–Kier alpha value is -2.29. The molecule has 0 aliphatic heterocycles. The third kappa shape index (κ3) is 3.61. The van der Waals surface area contributed by atoms with Crippen molar-refractivity contribution >= 4 is 15.7 Å². The lowest BCUT2D eigenvalue weighted by Crippen LogP contribution is -2.39. The summed E-state index contributed by atoms with van der Waals surface area (Å²) in [5, 5.41) is 21.1. The van der Waals surface area contributed by atoms with Crippen LogP contribution >= 0.6 is 0 Å². The quantitative estimate of drug-likeness (QED) is 0.636. The molecule has 0 aromatic heterocycles. The van der Waals surface area contributed by atoms with Gasteiger partial charge in [0, 0.05) is 19.2 Å². The van der Waals surface area contributed by atoms with E-state index in [1.165, 1.54) is 19.2 Å². The van der Waals surface area contributed by atoms with Crippen LogP contribution in [0.2, 0.25) is 0 Å². The maximum atomic E-state index is 12.6. The van der Waals surface area contributed by atoms with Crippen molar-refractivity contribution in [1.82, 2.24) is 4.31 Å². The van der Waals surface area contributed by atoms with Gasteiger partial charge in [0.2, 0.25) is 10.0 Å². The number of nitro benzene ring substituents is 1. The summed E-state index contributed by atoms with van der Waals surface area (Å²) in [6.07, 6.45) is -0.996. The van der Waals surface area contributed by atoms with Crippen molar-refractivity contribution in [2.45, 2.75) is 24.0 Å². The van der Waals surface area contributed by atoms with Gasteiger partial charge in [0.05, 0.1) is 22.0 Å². The van der Waals surface area contributed by atoms with Crippen LogP contribution in [0, 0.1) is 10.1 Å². The van der Waals surface area contributed by atoms with E-state index in [1.54, 1.807) is 37.3 Å². The van der Waals surface area contributed by atoms with E-state index >= 15 is 0 Å². The minimum Gasteiger partial charge on any atom is -0.387 e. The molecule has 2 atom stereocenters. The lowest BCUT2D eigenvalue weighted by molar-refractivity contribution is -0.384. The molecule has 0 unspecified atom stereocenters. The number of non-ortho nitro benzene ring substituents is 1. The molecule has 0 fully saturated rings. The first-order chi connectivity index (χ1) is 11.2. The molecule has 2 aromatic rings. The van der Waals surface area contributed by atoms with Gasteiger partial charge in [-0.2, -0.15) is 4.31 Å². The molecular formula is C16H18N2O5S. The molecule has 1 N–H and O–H groups in total. The summed E-state index contributed by atoms with van der Waals surface area (Å²) in [5.74, 6) is 0. The van der Waals surface area contributed by atoms with E-state index in [9.17, 15) is 23.6 Å². The maximum Gasteiger partial charge on any atom is 0.269 e. The molecule has 0 saturated heterocycles. The fourth-order valence-electron chi connectivity index (χ4n) is 2.25. The Morgan fingerprint density at radius 1 is 1.08 bits per heavy atom. The SMILES string of the molecule is C[C@@H]([C@@H](O)c1ccccc1)N(C)S(=O)(=O)c1ccc([N+](=O)[O-])cc1. The number of rotatable bonds is 6. The van der Waals surface area contributed by atoms with Crippen LogP contribution in [0.15, 0.2) is 59.5 Å². The second-order valence-corrected chi connectivity index (χ2v) is 7.37. The highest BCUT2D eigenvalue weighted by Crippen LogP contribution is 2.25. The van der Waals surface area contributed by atoms with Crippen molar-refractivity contribution in [3.63, 3.8) is 0 Å². The van der Waals surface area contributed by atoms with Crippen LogP contribution in [-0.4, -0.2) is 35.8 Å². The second-order valence-electron chi connectivity index (χ2n) is 5.37. The van der Waals surface area contributed by atoms with Crippen LogP contribution in [0.25, 0.3) is 0 Å². The molecule has 0 saturated carbocycles. The summed E-state index contributed by atoms with van der Waals surface area (Å²) < 4.78 is 26.3. The summed E-state index contributed by atoms with van der Waals surface area (Å²) in [4.78, 5) is 10.0. The zero-order valence-electron chi connectivity index (χ0n) is 13.2. The van der Waals surface area contributed by atoms with Gasteiger partial charge < -0.3 is 5.11 Å². The van der Waals surface area contributed by atoms with Gasteiger partial charge >= 0.3 is 0 Å².